The molecule has 1 unspecified atom stereocenters. The van der Waals surface area contributed by atoms with Crippen LogP contribution in [0.1, 0.15) is 24.0 Å². The van der Waals surface area contributed by atoms with E-state index in [9.17, 15) is 14.4 Å². The third-order valence-electron chi connectivity index (χ3n) is 3.56. The summed E-state index contributed by atoms with van der Waals surface area (Å²) in [5.74, 6) is -1.03. The van der Waals surface area contributed by atoms with Crippen molar-refractivity contribution < 1.29 is 19.5 Å². The maximum absolute atomic E-state index is 12.4. The minimum atomic E-state index is -0.898. The lowest BCUT2D eigenvalue weighted by atomic mass is 10.1. The number of imide groups is 1. The highest BCUT2D eigenvalue weighted by Gasteiger charge is 2.40. The predicted octanol–water partition coefficient (Wildman–Crippen LogP) is 2.14. The topological polar surface area (TPSA) is 74.7 Å². The van der Waals surface area contributed by atoms with E-state index in [2.05, 4.69) is 0 Å². The van der Waals surface area contributed by atoms with Crippen molar-refractivity contribution in [3.8, 4) is 0 Å². The van der Waals surface area contributed by atoms with Gasteiger partial charge in [0.15, 0.2) is 0 Å². The molecule has 0 spiro atoms. The molecule has 1 atom stereocenters. The van der Waals surface area contributed by atoms with Crippen molar-refractivity contribution in [3.63, 3.8) is 0 Å². The Morgan fingerprint density at radius 1 is 1.38 bits per heavy atom. The zero-order chi connectivity index (χ0) is 15.6. The van der Waals surface area contributed by atoms with Crippen LogP contribution in [-0.4, -0.2) is 33.9 Å². The third kappa shape index (κ3) is 3.26. The first-order valence-corrected chi connectivity index (χ1v) is 7.73. The Balaban J connectivity index is 2.15. The Labute approximate surface area is 127 Å². The van der Waals surface area contributed by atoms with Crippen LogP contribution in [0.15, 0.2) is 18.2 Å². The molecule has 1 saturated heterocycles. The van der Waals surface area contributed by atoms with E-state index in [1.807, 2.05) is 26.0 Å². The molecule has 1 N–H and O–H groups in total. The van der Waals surface area contributed by atoms with Crippen LogP contribution in [0, 0.1) is 13.8 Å². The molecule has 112 valence electrons. The summed E-state index contributed by atoms with van der Waals surface area (Å²) < 4.78 is 0. The minimum absolute atomic E-state index is 0.00783. The Hall–Kier alpha value is -1.82. The summed E-state index contributed by atoms with van der Waals surface area (Å²) in [7, 11) is 0. The minimum Gasteiger partial charge on any atom is -0.481 e. The van der Waals surface area contributed by atoms with Crippen molar-refractivity contribution in [1.29, 1.82) is 0 Å². The van der Waals surface area contributed by atoms with Gasteiger partial charge in [-0.3, -0.25) is 14.4 Å². The number of carboxylic acid groups (broad SMARTS) is 1. The summed E-state index contributed by atoms with van der Waals surface area (Å²) >= 11 is 1.24. The van der Waals surface area contributed by atoms with Crippen LogP contribution in [0.5, 0.6) is 0 Å². The van der Waals surface area contributed by atoms with E-state index in [-0.39, 0.29) is 24.7 Å². The first kappa shape index (κ1) is 15.6. The van der Waals surface area contributed by atoms with Gasteiger partial charge in [0.05, 0.1) is 17.4 Å². The SMILES string of the molecule is Cc1cccc(N2C(=O)CC(SCCC(=O)O)C2=O)c1C. The summed E-state index contributed by atoms with van der Waals surface area (Å²) in [6, 6.07) is 5.52. The Morgan fingerprint density at radius 3 is 2.76 bits per heavy atom. The van der Waals surface area contributed by atoms with Gasteiger partial charge in [-0.05, 0) is 31.0 Å². The zero-order valence-corrected chi connectivity index (χ0v) is 12.8. The van der Waals surface area contributed by atoms with Gasteiger partial charge in [-0.25, -0.2) is 4.90 Å². The Bertz CT molecular complexity index is 599. The predicted molar refractivity (Wildman–Crippen MR) is 81.5 cm³/mol. The summed E-state index contributed by atoms with van der Waals surface area (Å²) in [6.45, 7) is 3.82. The first-order chi connectivity index (χ1) is 9.91. The van der Waals surface area contributed by atoms with Gasteiger partial charge < -0.3 is 5.11 Å². The lowest BCUT2D eigenvalue weighted by Crippen LogP contribution is -2.32. The number of benzene rings is 1. The van der Waals surface area contributed by atoms with Crippen LogP contribution in [0.25, 0.3) is 0 Å². The molecule has 1 heterocycles. The highest BCUT2D eigenvalue weighted by Crippen LogP contribution is 2.32. The van der Waals surface area contributed by atoms with E-state index in [1.54, 1.807) is 6.07 Å². The van der Waals surface area contributed by atoms with Crippen LogP contribution >= 0.6 is 11.8 Å². The van der Waals surface area contributed by atoms with Crippen molar-refractivity contribution in [1.82, 2.24) is 0 Å². The second kappa shape index (κ2) is 6.30. The molecular weight excluding hydrogens is 290 g/mol. The fourth-order valence-electron chi connectivity index (χ4n) is 2.25. The molecule has 0 saturated carbocycles. The number of carbonyl (C=O) groups is 3. The van der Waals surface area contributed by atoms with Crippen molar-refractivity contribution in [3.05, 3.63) is 29.3 Å². The van der Waals surface area contributed by atoms with Gasteiger partial charge in [-0.2, -0.15) is 0 Å². The van der Waals surface area contributed by atoms with Crippen LogP contribution in [0.4, 0.5) is 5.69 Å². The number of anilines is 1. The van der Waals surface area contributed by atoms with Crippen LogP contribution < -0.4 is 4.90 Å². The number of rotatable bonds is 5. The Kier molecular flexibility index (Phi) is 4.67. The fourth-order valence-corrected chi connectivity index (χ4v) is 3.34. The standard InChI is InChI=1S/C15H17NO4S/c1-9-4-3-5-11(10(9)2)16-13(17)8-12(15(16)20)21-7-6-14(18)19/h3-5,12H,6-8H2,1-2H3,(H,18,19). The number of aliphatic carboxylic acids is 1. The Morgan fingerprint density at radius 2 is 2.10 bits per heavy atom. The number of aryl methyl sites for hydroxylation is 1. The number of hydrogen-bond donors (Lipinski definition) is 1. The van der Waals surface area contributed by atoms with Crippen LogP contribution in [0.3, 0.4) is 0 Å². The van der Waals surface area contributed by atoms with Gasteiger partial charge >= 0.3 is 5.97 Å². The normalized spacial score (nSPS) is 18.4. The van der Waals surface area contributed by atoms with Gasteiger partial charge in [0.1, 0.15) is 0 Å². The number of hydrogen-bond acceptors (Lipinski definition) is 4. The highest BCUT2D eigenvalue weighted by atomic mass is 32.2. The lowest BCUT2D eigenvalue weighted by molar-refractivity contribution is -0.136. The molecule has 1 aliphatic rings. The monoisotopic (exact) mass is 307 g/mol. The second-order valence-electron chi connectivity index (χ2n) is 4.99. The molecule has 6 heteroatoms. The molecule has 1 aromatic rings. The van der Waals surface area contributed by atoms with Gasteiger partial charge in [0.25, 0.3) is 0 Å². The number of amides is 2. The van der Waals surface area contributed by atoms with E-state index < -0.39 is 11.2 Å². The summed E-state index contributed by atoms with van der Waals surface area (Å²) in [6.07, 6.45) is 0.128. The quantitative estimate of drug-likeness (QED) is 0.844. The van der Waals surface area contributed by atoms with Gasteiger partial charge in [-0.15, -0.1) is 11.8 Å². The van der Waals surface area contributed by atoms with E-state index in [4.69, 9.17) is 5.11 Å². The molecule has 1 fully saturated rings. The smallest absolute Gasteiger partial charge is 0.304 e. The van der Waals surface area contributed by atoms with E-state index in [0.29, 0.717) is 11.4 Å². The molecule has 2 amide bonds. The van der Waals surface area contributed by atoms with Crippen molar-refractivity contribution >= 4 is 35.2 Å². The first-order valence-electron chi connectivity index (χ1n) is 6.68. The number of nitrogens with zero attached hydrogens (tertiary/aromatic N) is 1. The lowest BCUT2D eigenvalue weighted by Gasteiger charge is -2.18. The molecule has 1 aliphatic heterocycles. The molecule has 0 aromatic heterocycles. The molecular formula is C15H17NO4S. The molecule has 5 nitrogen and oxygen atoms in total. The molecule has 1 aromatic carbocycles. The summed E-state index contributed by atoms with van der Waals surface area (Å²) in [4.78, 5) is 36.3. The zero-order valence-electron chi connectivity index (χ0n) is 12.0. The highest BCUT2D eigenvalue weighted by molar-refractivity contribution is 8.00. The molecule has 0 bridgehead atoms. The van der Waals surface area contributed by atoms with Crippen LogP contribution in [0.2, 0.25) is 0 Å². The third-order valence-corrected chi connectivity index (χ3v) is 4.77. The molecule has 0 radical (unpaired) electrons. The van der Waals surface area contributed by atoms with Crippen molar-refractivity contribution in [2.75, 3.05) is 10.7 Å². The van der Waals surface area contributed by atoms with E-state index in [0.717, 1.165) is 11.1 Å². The average molecular weight is 307 g/mol. The van der Waals surface area contributed by atoms with Gasteiger partial charge in [-0.1, -0.05) is 12.1 Å². The second-order valence-corrected chi connectivity index (χ2v) is 6.30. The summed E-state index contributed by atoms with van der Waals surface area (Å²) in [5.41, 5.74) is 2.57. The number of thioether (sulfide) groups is 1. The molecule has 0 aliphatic carbocycles. The fraction of sp³-hybridized carbons (Fsp3) is 0.400. The maximum atomic E-state index is 12.4. The van der Waals surface area contributed by atoms with E-state index in [1.165, 1.54) is 16.7 Å². The van der Waals surface area contributed by atoms with Crippen molar-refractivity contribution in [2.24, 2.45) is 0 Å². The largest absolute Gasteiger partial charge is 0.481 e. The molecule has 2 rings (SSSR count). The summed E-state index contributed by atoms with van der Waals surface area (Å²) in [5, 5.41) is 8.15. The number of carbonyl (C=O) groups excluding carboxylic acids is 2. The average Bonchev–Trinajstić information content (AvgIpc) is 2.68. The van der Waals surface area contributed by atoms with E-state index >= 15 is 0 Å². The van der Waals surface area contributed by atoms with Crippen LogP contribution in [-0.2, 0) is 14.4 Å². The molecule has 21 heavy (non-hydrogen) atoms. The van der Waals surface area contributed by atoms with Crippen molar-refractivity contribution in [2.45, 2.75) is 31.9 Å². The van der Waals surface area contributed by atoms with Gasteiger partial charge in [0, 0.05) is 12.2 Å². The maximum Gasteiger partial charge on any atom is 0.304 e. The van der Waals surface area contributed by atoms with Gasteiger partial charge in [0.2, 0.25) is 11.8 Å². The number of carboxylic acids is 1.